The van der Waals surface area contributed by atoms with E-state index in [0.29, 0.717) is 0 Å². The van der Waals surface area contributed by atoms with Crippen molar-refractivity contribution in [2.24, 2.45) is 0 Å². The standard InChI is InChI=1S/C13H21FN2.2C2H6/c1-11-3-5-12(14)13(6-4-11)16-9-7-15(2)8-10-16;2*1-2/h3,5,13H,4,6-10H2,1-2H3;2*1-2H3. The first-order valence-electron chi connectivity index (χ1n) is 8.12. The highest BCUT2D eigenvalue weighted by Crippen LogP contribution is 2.24. The van der Waals surface area contributed by atoms with Gasteiger partial charge in [0, 0.05) is 26.2 Å². The summed E-state index contributed by atoms with van der Waals surface area (Å²) in [4.78, 5) is 4.59. The lowest BCUT2D eigenvalue weighted by molar-refractivity contribution is 0.112. The summed E-state index contributed by atoms with van der Waals surface area (Å²) in [6, 6.07) is 0.0161. The Bertz CT molecular complexity index is 302. The number of allylic oxidation sites excluding steroid dienone is 3. The van der Waals surface area contributed by atoms with Gasteiger partial charge in [0.05, 0.1) is 6.04 Å². The molecule has 0 spiro atoms. The second-order valence-electron chi connectivity index (χ2n) is 4.96. The van der Waals surface area contributed by atoms with Crippen molar-refractivity contribution in [3.05, 3.63) is 23.6 Å². The van der Waals surface area contributed by atoms with Crippen LogP contribution >= 0.6 is 0 Å². The van der Waals surface area contributed by atoms with E-state index in [0.717, 1.165) is 39.0 Å². The van der Waals surface area contributed by atoms with Crippen molar-refractivity contribution in [3.63, 3.8) is 0 Å². The maximum absolute atomic E-state index is 13.9. The van der Waals surface area contributed by atoms with Crippen LogP contribution in [0.4, 0.5) is 4.39 Å². The van der Waals surface area contributed by atoms with Gasteiger partial charge in [-0.05, 0) is 32.9 Å². The molecule has 2 nitrogen and oxygen atoms in total. The normalized spacial score (nSPS) is 24.2. The van der Waals surface area contributed by atoms with Crippen LogP contribution in [0.2, 0.25) is 0 Å². The van der Waals surface area contributed by atoms with Gasteiger partial charge in [-0.2, -0.15) is 0 Å². The number of halogens is 1. The van der Waals surface area contributed by atoms with Crippen LogP contribution in [-0.2, 0) is 0 Å². The van der Waals surface area contributed by atoms with Crippen molar-refractivity contribution in [2.75, 3.05) is 33.2 Å². The third kappa shape index (κ3) is 6.19. The molecule has 2 aliphatic rings. The summed E-state index contributed by atoms with van der Waals surface area (Å²) in [5.41, 5.74) is 1.28. The molecule has 2 rings (SSSR count). The molecular formula is C17H33FN2. The van der Waals surface area contributed by atoms with E-state index >= 15 is 0 Å². The topological polar surface area (TPSA) is 6.48 Å². The quantitative estimate of drug-likeness (QED) is 0.710. The van der Waals surface area contributed by atoms with E-state index in [1.165, 1.54) is 5.57 Å². The molecule has 0 saturated carbocycles. The molecule has 0 aromatic rings. The maximum atomic E-state index is 13.9. The second kappa shape index (κ2) is 11.0. The molecule has 1 fully saturated rings. The molecule has 118 valence electrons. The smallest absolute Gasteiger partial charge is 0.117 e. The van der Waals surface area contributed by atoms with Gasteiger partial charge in [-0.25, -0.2) is 4.39 Å². The minimum absolute atomic E-state index is 0.0161. The Morgan fingerprint density at radius 3 is 2.10 bits per heavy atom. The SMILES string of the molecule is CC.CC.CC1=CC=C(F)C(N2CCN(C)CC2)CC1. The molecule has 1 unspecified atom stereocenters. The largest absolute Gasteiger partial charge is 0.304 e. The molecule has 0 aromatic carbocycles. The average Bonchev–Trinajstić information content (AvgIpc) is 2.67. The summed E-state index contributed by atoms with van der Waals surface area (Å²) < 4.78 is 13.9. The van der Waals surface area contributed by atoms with Gasteiger partial charge in [0.15, 0.2) is 0 Å². The lowest BCUT2D eigenvalue weighted by Gasteiger charge is -2.37. The fraction of sp³-hybridized carbons (Fsp3) is 0.765. The van der Waals surface area contributed by atoms with Gasteiger partial charge in [-0.15, -0.1) is 0 Å². The molecule has 20 heavy (non-hydrogen) atoms. The molecule has 1 heterocycles. The molecule has 0 N–H and O–H groups in total. The van der Waals surface area contributed by atoms with Crippen molar-refractivity contribution in [1.82, 2.24) is 9.80 Å². The third-order valence-electron chi connectivity index (χ3n) is 3.64. The molecule has 0 radical (unpaired) electrons. The fourth-order valence-corrected chi connectivity index (χ4v) is 2.41. The van der Waals surface area contributed by atoms with Crippen LogP contribution in [0.5, 0.6) is 0 Å². The zero-order valence-electron chi connectivity index (χ0n) is 14.2. The van der Waals surface area contributed by atoms with E-state index in [4.69, 9.17) is 0 Å². The minimum atomic E-state index is 0.0161. The molecule has 1 aliphatic heterocycles. The van der Waals surface area contributed by atoms with Gasteiger partial charge in [-0.1, -0.05) is 39.3 Å². The number of hydrogen-bond donors (Lipinski definition) is 0. The van der Waals surface area contributed by atoms with Crippen LogP contribution in [0.25, 0.3) is 0 Å². The van der Waals surface area contributed by atoms with Crippen LogP contribution in [-0.4, -0.2) is 49.1 Å². The van der Waals surface area contributed by atoms with Crippen molar-refractivity contribution >= 4 is 0 Å². The summed E-state index contributed by atoms with van der Waals surface area (Å²) in [5.74, 6) is 0.0430. The first kappa shape index (κ1) is 19.3. The zero-order chi connectivity index (χ0) is 15.5. The van der Waals surface area contributed by atoms with Crippen LogP contribution in [0.15, 0.2) is 23.6 Å². The summed E-state index contributed by atoms with van der Waals surface area (Å²) >= 11 is 0. The second-order valence-corrected chi connectivity index (χ2v) is 4.96. The van der Waals surface area contributed by atoms with Gasteiger partial charge < -0.3 is 4.90 Å². The van der Waals surface area contributed by atoms with E-state index in [1.54, 1.807) is 6.08 Å². The van der Waals surface area contributed by atoms with E-state index in [1.807, 2.05) is 33.8 Å². The lowest BCUT2D eigenvalue weighted by Crippen LogP contribution is -2.49. The summed E-state index contributed by atoms with van der Waals surface area (Å²) in [6.07, 6.45) is 5.52. The van der Waals surface area contributed by atoms with E-state index < -0.39 is 0 Å². The predicted octanol–water partition coefficient (Wildman–Crippen LogP) is 4.25. The number of likely N-dealkylation sites (N-methyl/N-ethyl adjacent to an activating group) is 1. The van der Waals surface area contributed by atoms with Crippen LogP contribution in [0, 0.1) is 0 Å². The number of rotatable bonds is 1. The number of hydrogen-bond acceptors (Lipinski definition) is 2. The Labute approximate surface area is 125 Å². The molecule has 1 saturated heterocycles. The van der Waals surface area contributed by atoms with E-state index in [2.05, 4.69) is 23.8 Å². The lowest BCUT2D eigenvalue weighted by atomic mass is 10.1. The van der Waals surface area contributed by atoms with E-state index in [-0.39, 0.29) is 11.9 Å². The fourth-order valence-electron chi connectivity index (χ4n) is 2.41. The Kier molecular flexibility index (Phi) is 10.7. The number of piperazine rings is 1. The monoisotopic (exact) mass is 284 g/mol. The third-order valence-corrected chi connectivity index (χ3v) is 3.64. The summed E-state index contributed by atoms with van der Waals surface area (Å²) in [7, 11) is 2.13. The molecular weight excluding hydrogens is 251 g/mol. The van der Waals surface area contributed by atoms with Gasteiger partial charge in [0.2, 0.25) is 0 Å². The summed E-state index contributed by atoms with van der Waals surface area (Å²) in [6.45, 7) is 14.2. The molecule has 1 aliphatic carbocycles. The average molecular weight is 284 g/mol. The molecule has 0 aromatic heterocycles. The Balaban J connectivity index is 0.000000829. The zero-order valence-corrected chi connectivity index (χ0v) is 14.2. The van der Waals surface area contributed by atoms with Crippen LogP contribution < -0.4 is 0 Å². The van der Waals surface area contributed by atoms with Gasteiger partial charge in [0.1, 0.15) is 5.83 Å². The van der Waals surface area contributed by atoms with Crippen LogP contribution in [0.1, 0.15) is 47.5 Å². The first-order valence-corrected chi connectivity index (χ1v) is 8.12. The van der Waals surface area contributed by atoms with Crippen molar-refractivity contribution < 1.29 is 4.39 Å². The summed E-state index contributed by atoms with van der Waals surface area (Å²) in [5, 5.41) is 0. The van der Waals surface area contributed by atoms with Crippen molar-refractivity contribution in [3.8, 4) is 0 Å². The van der Waals surface area contributed by atoms with Gasteiger partial charge in [-0.3, -0.25) is 4.90 Å². The Morgan fingerprint density at radius 2 is 1.55 bits per heavy atom. The van der Waals surface area contributed by atoms with Crippen molar-refractivity contribution in [2.45, 2.75) is 53.5 Å². The molecule has 0 bridgehead atoms. The molecule has 3 heteroatoms. The highest BCUT2D eigenvalue weighted by molar-refractivity contribution is 5.20. The van der Waals surface area contributed by atoms with Gasteiger partial charge >= 0.3 is 0 Å². The maximum Gasteiger partial charge on any atom is 0.117 e. The molecule has 0 amide bonds. The predicted molar refractivity (Wildman–Crippen MR) is 87.7 cm³/mol. The Morgan fingerprint density at radius 1 is 1.00 bits per heavy atom. The highest BCUT2D eigenvalue weighted by atomic mass is 19.1. The highest BCUT2D eigenvalue weighted by Gasteiger charge is 2.26. The van der Waals surface area contributed by atoms with Gasteiger partial charge in [0.25, 0.3) is 0 Å². The Hall–Kier alpha value is -0.670. The minimum Gasteiger partial charge on any atom is -0.304 e. The molecule has 1 atom stereocenters. The van der Waals surface area contributed by atoms with Crippen molar-refractivity contribution in [1.29, 1.82) is 0 Å². The number of nitrogens with zero attached hydrogens (tertiary/aromatic N) is 2. The first-order chi connectivity index (χ1) is 9.66. The van der Waals surface area contributed by atoms with E-state index in [9.17, 15) is 4.39 Å². The van der Waals surface area contributed by atoms with Crippen LogP contribution in [0.3, 0.4) is 0 Å².